The predicted molar refractivity (Wildman–Crippen MR) is 114 cm³/mol. The highest BCUT2D eigenvalue weighted by Crippen LogP contribution is 2.27. The third-order valence-corrected chi connectivity index (χ3v) is 4.85. The summed E-state index contributed by atoms with van der Waals surface area (Å²) in [6, 6.07) is 22.7. The van der Waals surface area contributed by atoms with Gasteiger partial charge in [-0.15, -0.1) is 0 Å². The monoisotopic (exact) mass is 383 g/mol. The molecule has 4 aromatic rings. The summed E-state index contributed by atoms with van der Waals surface area (Å²) in [6.07, 6.45) is 1.68. The van der Waals surface area contributed by atoms with Crippen LogP contribution in [0.4, 0.5) is 0 Å². The van der Waals surface area contributed by atoms with Gasteiger partial charge in [-0.2, -0.15) is 0 Å². The van der Waals surface area contributed by atoms with Gasteiger partial charge in [-0.1, -0.05) is 48.5 Å². The topological polar surface area (TPSA) is 64.1 Å². The zero-order valence-electron chi connectivity index (χ0n) is 16.3. The Labute approximate surface area is 169 Å². The summed E-state index contributed by atoms with van der Waals surface area (Å²) in [7, 11) is 1.63. The maximum Gasteiger partial charge on any atom is 0.252 e. The molecule has 2 aromatic heterocycles. The Bertz CT molecular complexity index is 1160. The first kappa shape index (κ1) is 18.6. The predicted octanol–water partition coefficient (Wildman–Crippen LogP) is 4.80. The Morgan fingerprint density at radius 3 is 2.55 bits per heavy atom. The van der Waals surface area contributed by atoms with E-state index < -0.39 is 0 Å². The molecule has 0 aliphatic rings. The highest BCUT2D eigenvalue weighted by Gasteiger charge is 2.18. The van der Waals surface area contributed by atoms with E-state index in [0.29, 0.717) is 16.9 Å². The van der Waals surface area contributed by atoms with Gasteiger partial charge < -0.3 is 10.1 Å². The molecule has 1 atom stereocenters. The highest BCUT2D eigenvalue weighted by atomic mass is 16.5. The Balaban J connectivity index is 1.73. The number of aromatic nitrogens is 2. The first-order valence-electron chi connectivity index (χ1n) is 9.42. The second-order valence-electron chi connectivity index (χ2n) is 6.73. The van der Waals surface area contributed by atoms with Gasteiger partial charge in [0.15, 0.2) is 5.65 Å². The first-order valence-corrected chi connectivity index (χ1v) is 9.42. The smallest absolute Gasteiger partial charge is 0.252 e. The standard InChI is InChI=1S/C24H21N3O2/c1-16(18-11-6-7-13-22(18)29-2)26-24(28)20-15-21(17-9-4-3-5-10-17)27-23-19(20)12-8-14-25-23/h3-16H,1-2H3,(H,26,28). The number of fused-ring (bicyclic) bond motifs is 1. The van der Waals surface area contributed by atoms with Crippen molar-refractivity contribution < 1.29 is 9.53 Å². The molecule has 0 aliphatic carbocycles. The third kappa shape index (κ3) is 3.80. The minimum absolute atomic E-state index is 0.180. The van der Waals surface area contributed by atoms with Crippen molar-refractivity contribution in [2.45, 2.75) is 13.0 Å². The van der Waals surface area contributed by atoms with Crippen LogP contribution in [0.3, 0.4) is 0 Å². The molecular weight excluding hydrogens is 362 g/mol. The average Bonchev–Trinajstić information content (AvgIpc) is 2.78. The van der Waals surface area contributed by atoms with Gasteiger partial charge in [-0.05, 0) is 31.2 Å². The lowest BCUT2D eigenvalue weighted by Gasteiger charge is -2.18. The van der Waals surface area contributed by atoms with E-state index in [4.69, 9.17) is 4.74 Å². The van der Waals surface area contributed by atoms with Crippen LogP contribution >= 0.6 is 0 Å². The summed E-state index contributed by atoms with van der Waals surface area (Å²) in [4.78, 5) is 22.2. The molecule has 1 N–H and O–H groups in total. The second kappa shape index (κ2) is 8.10. The molecule has 4 rings (SSSR count). The van der Waals surface area contributed by atoms with E-state index in [1.165, 1.54) is 0 Å². The van der Waals surface area contributed by atoms with E-state index in [1.54, 1.807) is 13.3 Å². The van der Waals surface area contributed by atoms with Crippen molar-refractivity contribution in [1.82, 2.24) is 15.3 Å². The second-order valence-corrected chi connectivity index (χ2v) is 6.73. The van der Waals surface area contributed by atoms with E-state index in [0.717, 1.165) is 22.3 Å². The first-order chi connectivity index (χ1) is 14.2. The number of benzene rings is 2. The van der Waals surface area contributed by atoms with Crippen molar-refractivity contribution in [1.29, 1.82) is 0 Å². The van der Waals surface area contributed by atoms with Gasteiger partial charge in [0.25, 0.3) is 5.91 Å². The molecule has 2 aromatic carbocycles. The summed E-state index contributed by atoms with van der Waals surface area (Å²) in [5.41, 5.74) is 3.66. The third-order valence-electron chi connectivity index (χ3n) is 4.85. The molecule has 29 heavy (non-hydrogen) atoms. The van der Waals surface area contributed by atoms with Crippen LogP contribution in [-0.4, -0.2) is 23.0 Å². The van der Waals surface area contributed by atoms with Crippen LogP contribution < -0.4 is 10.1 Å². The van der Waals surface area contributed by atoms with Crippen LogP contribution in [0.1, 0.15) is 28.9 Å². The summed E-state index contributed by atoms with van der Waals surface area (Å²) in [6.45, 7) is 1.94. The lowest BCUT2D eigenvalue weighted by molar-refractivity contribution is 0.0941. The van der Waals surface area contributed by atoms with Gasteiger partial charge >= 0.3 is 0 Å². The van der Waals surface area contributed by atoms with Gasteiger partial charge in [0.1, 0.15) is 5.75 Å². The number of methoxy groups -OCH3 is 1. The molecule has 144 valence electrons. The number of pyridine rings is 2. The number of nitrogens with zero attached hydrogens (tertiary/aromatic N) is 2. The van der Waals surface area contributed by atoms with Crippen molar-refractivity contribution in [2.24, 2.45) is 0 Å². The quantitative estimate of drug-likeness (QED) is 0.538. The number of hydrogen-bond donors (Lipinski definition) is 1. The van der Waals surface area contributed by atoms with Gasteiger partial charge in [-0.3, -0.25) is 4.79 Å². The average molecular weight is 383 g/mol. The van der Waals surface area contributed by atoms with Crippen LogP contribution in [0.15, 0.2) is 79.0 Å². The lowest BCUT2D eigenvalue weighted by Crippen LogP contribution is -2.27. The van der Waals surface area contributed by atoms with E-state index in [2.05, 4.69) is 15.3 Å². The Morgan fingerprint density at radius 2 is 1.76 bits per heavy atom. The van der Waals surface area contributed by atoms with Gasteiger partial charge in [0, 0.05) is 22.7 Å². The van der Waals surface area contributed by atoms with E-state index in [9.17, 15) is 4.79 Å². The molecule has 0 bridgehead atoms. The molecule has 5 nitrogen and oxygen atoms in total. The minimum Gasteiger partial charge on any atom is -0.496 e. The SMILES string of the molecule is COc1ccccc1C(C)NC(=O)c1cc(-c2ccccc2)nc2ncccc12. The normalized spacial score (nSPS) is 11.8. The maximum atomic E-state index is 13.2. The molecular formula is C24H21N3O2. The van der Waals surface area contributed by atoms with Gasteiger partial charge in [-0.25, -0.2) is 9.97 Å². The lowest BCUT2D eigenvalue weighted by atomic mass is 10.0. The summed E-state index contributed by atoms with van der Waals surface area (Å²) >= 11 is 0. The number of para-hydroxylation sites is 1. The van der Waals surface area contributed by atoms with Crippen LogP contribution in [0.25, 0.3) is 22.3 Å². The van der Waals surface area contributed by atoms with E-state index in [1.807, 2.05) is 79.7 Å². The molecule has 1 amide bonds. The van der Waals surface area contributed by atoms with E-state index >= 15 is 0 Å². The molecule has 0 spiro atoms. The van der Waals surface area contributed by atoms with E-state index in [-0.39, 0.29) is 11.9 Å². The summed E-state index contributed by atoms with van der Waals surface area (Å²) in [5.74, 6) is 0.563. The van der Waals surface area contributed by atoms with Crippen LogP contribution in [0, 0.1) is 0 Å². The molecule has 2 heterocycles. The van der Waals surface area contributed by atoms with Crippen LogP contribution in [-0.2, 0) is 0 Å². The number of nitrogens with one attached hydrogen (secondary N) is 1. The molecule has 0 saturated carbocycles. The number of rotatable bonds is 5. The van der Waals surface area contributed by atoms with Crippen molar-refractivity contribution in [3.63, 3.8) is 0 Å². The summed E-state index contributed by atoms with van der Waals surface area (Å²) in [5, 5.41) is 3.80. The fourth-order valence-electron chi connectivity index (χ4n) is 3.38. The number of carbonyl (C=O) groups is 1. The largest absolute Gasteiger partial charge is 0.496 e. The Kier molecular flexibility index (Phi) is 5.20. The van der Waals surface area contributed by atoms with Crippen molar-refractivity contribution in [3.8, 4) is 17.0 Å². The number of amides is 1. The fraction of sp³-hybridized carbons (Fsp3) is 0.125. The molecule has 0 saturated heterocycles. The van der Waals surface area contributed by atoms with Gasteiger partial charge in [0.2, 0.25) is 0 Å². The molecule has 0 aliphatic heterocycles. The number of carbonyl (C=O) groups excluding carboxylic acids is 1. The molecule has 5 heteroatoms. The molecule has 1 unspecified atom stereocenters. The zero-order valence-corrected chi connectivity index (χ0v) is 16.3. The van der Waals surface area contributed by atoms with Crippen LogP contribution in [0.5, 0.6) is 5.75 Å². The summed E-state index contributed by atoms with van der Waals surface area (Å²) < 4.78 is 5.43. The minimum atomic E-state index is -0.223. The Hall–Kier alpha value is -3.73. The van der Waals surface area contributed by atoms with Gasteiger partial charge in [0.05, 0.1) is 24.4 Å². The molecule has 0 fully saturated rings. The zero-order chi connectivity index (χ0) is 20.2. The number of hydrogen-bond acceptors (Lipinski definition) is 4. The van der Waals surface area contributed by atoms with Crippen molar-refractivity contribution in [3.05, 3.63) is 90.1 Å². The van der Waals surface area contributed by atoms with Crippen molar-refractivity contribution in [2.75, 3.05) is 7.11 Å². The number of ether oxygens (including phenoxy) is 1. The Morgan fingerprint density at radius 1 is 1.00 bits per heavy atom. The fourth-order valence-corrected chi connectivity index (χ4v) is 3.38. The van der Waals surface area contributed by atoms with Crippen LogP contribution in [0.2, 0.25) is 0 Å². The molecule has 0 radical (unpaired) electrons. The highest BCUT2D eigenvalue weighted by molar-refractivity contribution is 6.06. The van der Waals surface area contributed by atoms with Crippen molar-refractivity contribution >= 4 is 16.9 Å². The maximum absolute atomic E-state index is 13.2.